The maximum Gasteiger partial charge on any atom is 0.430 e. The van der Waals surface area contributed by atoms with Gasteiger partial charge in [0.1, 0.15) is 17.8 Å². The number of hydrogen-bond donors (Lipinski definition) is 3. The molecule has 14 heteroatoms. The van der Waals surface area contributed by atoms with Crippen LogP contribution in [-0.2, 0) is 20.7 Å². The van der Waals surface area contributed by atoms with Crippen molar-refractivity contribution in [2.45, 2.75) is 57.3 Å². The van der Waals surface area contributed by atoms with Crippen LogP contribution in [0.2, 0.25) is 0 Å². The predicted octanol–water partition coefficient (Wildman–Crippen LogP) is 2.82. The summed E-state index contributed by atoms with van der Waals surface area (Å²) in [6.07, 6.45) is -0.792. The Hall–Kier alpha value is -4.33. The van der Waals surface area contributed by atoms with E-state index in [1.54, 1.807) is 60.4 Å². The van der Waals surface area contributed by atoms with Crippen LogP contribution in [0.5, 0.6) is 5.75 Å². The maximum absolute atomic E-state index is 13.7. The number of carbonyl (C=O) groups excluding carboxylic acids is 4. The Labute approximate surface area is 259 Å². The van der Waals surface area contributed by atoms with Gasteiger partial charge in [-0.25, -0.2) is 9.59 Å². The monoisotopic (exact) mass is 636 g/mol. The molecule has 45 heavy (non-hydrogen) atoms. The number of benzene rings is 2. The summed E-state index contributed by atoms with van der Waals surface area (Å²) in [7, 11) is 2.28. The fourth-order valence-corrected chi connectivity index (χ4v) is 5.41. The number of alkyl halides is 3. The average molecular weight is 637 g/mol. The van der Waals surface area contributed by atoms with Gasteiger partial charge in [-0.3, -0.25) is 4.79 Å². The molecule has 11 nitrogen and oxygen atoms in total. The number of phenolic OH excluding ortho intramolecular Hbond substituents is 1. The van der Waals surface area contributed by atoms with Crippen LogP contribution in [0.3, 0.4) is 0 Å². The van der Waals surface area contributed by atoms with Crippen molar-refractivity contribution in [3.05, 3.63) is 59.7 Å². The number of carboxylic acid groups (broad SMARTS) is 1. The van der Waals surface area contributed by atoms with Crippen LogP contribution >= 0.6 is 0 Å². The number of likely N-dealkylation sites (tertiary alicyclic amines) is 1. The lowest BCUT2D eigenvalue weighted by molar-refractivity contribution is -0.916. The number of nitrogens with one attached hydrogen (secondary N) is 1. The van der Waals surface area contributed by atoms with Gasteiger partial charge in [-0.15, -0.1) is 0 Å². The van der Waals surface area contributed by atoms with Crippen molar-refractivity contribution in [3.63, 3.8) is 0 Å². The van der Waals surface area contributed by atoms with Gasteiger partial charge in [-0.2, -0.15) is 13.2 Å². The molecule has 0 aromatic heterocycles. The molecule has 1 saturated heterocycles. The molecule has 2 aromatic carbocycles. The molecule has 0 unspecified atom stereocenters. The fraction of sp³-hybridized carbons (Fsp3) is 0.484. The molecular weight excluding hydrogens is 597 g/mol. The number of ether oxygens (including phenoxy) is 1. The van der Waals surface area contributed by atoms with Crippen LogP contribution in [0.15, 0.2) is 48.5 Å². The molecule has 4 N–H and O–H groups in total. The Bertz CT molecular complexity index is 1320. The average Bonchev–Trinajstić information content (AvgIpc) is 3.78. The fourth-order valence-electron chi connectivity index (χ4n) is 5.41. The number of nitrogens with zero attached hydrogens (tertiary/aromatic N) is 2. The smallest absolute Gasteiger partial charge is 0.430 e. The number of piperidine rings is 1. The van der Waals surface area contributed by atoms with Crippen molar-refractivity contribution in [3.8, 4) is 5.75 Å². The van der Waals surface area contributed by atoms with Crippen molar-refractivity contribution < 1.29 is 51.8 Å². The highest BCUT2D eigenvalue weighted by Gasteiger charge is 2.41. The van der Waals surface area contributed by atoms with Crippen LogP contribution < -0.4 is 16.2 Å². The second-order valence-corrected chi connectivity index (χ2v) is 11.6. The van der Waals surface area contributed by atoms with Gasteiger partial charge in [0.15, 0.2) is 0 Å². The van der Waals surface area contributed by atoms with E-state index in [1.165, 1.54) is 19.4 Å². The zero-order chi connectivity index (χ0) is 33.4. The normalized spacial score (nSPS) is 20.2. The minimum absolute atomic E-state index is 0.130. The number of urea groups is 1. The second-order valence-electron chi connectivity index (χ2n) is 11.6. The van der Waals surface area contributed by atoms with E-state index in [1.807, 2.05) is 0 Å². The van der Waals surface area contributed by atoms with Crippen LogP contribution in [0.25, 0.3) is 0 Å². The highest BCUT2D eigenvalue weighted by atomic mass is 19.4. The number of esters is 1. The lowest BCUT2D eigenvalue weighted by atomic mass is 9.96. The molecule has 246 valence electrons. The first-order valence-electron chi connectivity index (χ1n) is 14.7. The Kier molecular flexibility index (Phi) is 11.8. The third-order valence-electron chi connectivity index (χ3n) is 7.94. The van der Waals surface area contributed by atoms with Gasteiger partial charge >= 0.3 is 18.2 Å². The third-order valence-corrected chi connectivity index (χ3v) is 7.94. The summed E-state index contributed by atoms with van der Waals surface area (Å²) in [5.74, 6) is -3.07. The number of aliphatic carboxylic acids is 1. The summed E-state index contributed by atoms with van der Waals surface area (Å²) in [4.78, 5) is 48.9. The van der Waals surface area contributed by atoms with Gasteiger partial charge in [0.05, 0.1) is 38.9 Å². The van der Waals surface area contributed by atoms with Gasteiger partial charge < -0.3 is 40.2 Å². The number of anilines is 1. The molecule has 1 atom stereocenters. The van der Waals surface area contributed by atoms with Gasteiger partial charge in [-0.1, -0.05) is 12.1 Å². The number of aromatic hydroxyl groups is 1. The molecular formula is C31H39F3N4O7. The van der Waals surface area contributed by atoms with Gasteiger partial charge in [-0.05, 0) is 61.7 Å². The summed E-state index contributed by atoms with van der Waals surface area (Å²) < 4.78 is 37.6. The Morgan fingerprint density at radius 1 is 1.04 bits per heavy atom. The van der Waals surface area contributed by atoms with E-state index in [4.69, 9.17) is 20.4 Å². The van der Waals surface area contributed by atoms with E-state index in [0.29, 0.717) is 11.3 Å². The van der Waals surface area contributed by atoms with Crippen molar-refractivity contribution in [2.24, 2.45) is 11.7 Å². The lowest BCUT2D eigenvalue weighted by Gasteiger charge is -2.45. The quantitative estimate of drug-likeness (QED) is 0.267. The van der Waals surface area contributed by atoms with Crippen molar-refractivity contribution in [2.75, 3.05) is 38.6 Å². The molecule has 0 spiro atoms. The molecule has 2 fully saturated rings. The predicted molar refractivity (Wildman–Crippen MR) is 156 cm³/mol. The first-order valence-corrected chi connectivity index (χ1v) is 14.7. The summed E-state index contributed by atoms with van der Waals surface area (Å²) in [5, 5.41) is 21.4. The molecule has 0 radical (unpaired) electrons. The van der Waals surface area contributed by atoms with Gasteiger partial charge in [0.25, 0.3) is 0 Å². The zero-order valence-electron chi connectivity index (χ0n) is 25.2. The van der Waals surface area contributed by atoms with Crippen LogP contribution in [0.1, 0.15) is 48.5 Å². The minimum atomic E-state index is -5.19. The summed E-state index contributed by atoms with van der Waals surface area (Å²) in [5.41, 5.74) is 7.59. The molecule has 2 aromatic rings. The zero-order valence-corrected chi connectivity index (χ0v) is 25.2. The number of primary amides is 1. The number of carbonyl (C=O) groups is 4. The molecule has 2 aliphatic rings. The molecule has 1 aliphatic carbocycles. The largest absolute Gasteiger partial charge is 0.542 e. The molecule has 3 amide bonds. The van der Waals surface area contributed by atoms with E-state index >= 15 is 0 Å². The first-order chi connectivity index (χ1) is 21.1. The Morgan fingerprint density at radius 3 is 2.07 bits per heavy atom. The van der Waals surface area contributed by atoms with E-state index < -0.39 is 36.1 Å². The highest BCUT2D eigenvalue weighted by molar-refractivity contribution is 5.95. The number of amides is 3. The summed E-state index contributed by atoms with van der Waals surface area (Å²) in [6.45, 7) is 5.06. The Morgan fingerprint density at radius 2 is 1.60 bits per heavy atom. The second kappa shape index (κ2) is 15.1. The molecule has 1 aliphatic heterocycles. The summed E-state index contributed by atoms with van der Waals surface area (Å²) >= 11 is 0. The van der Waals surface area contributed by atoms with Crippen molar-refractivity contribution >= 4 is 29.6 Å². The summed E-state index contributed by atoms with van der Waals surface area (Å²) in [6, 6.07) is 11.7. The lowest BCUT2D eigenvalue weighted by Crippen LogP contribution is -2.60. The number of carboxylic acids is 1. The number of rotatable bonds is 10. The number of nitrogens with two attached hydrogens (primary N) is 1. The molecule has 1 heterocycles. The number of halogens is 3. The van der Waals surface area contributed by atoms with Gasteiger partial charge in [0.2, 0.25) is 5.91 Å². The minimum Gasteiger partial charge on any atom is -0.542 e. The van der Waals surface area contributed by atoms with Crippen molar-refractivity contribution in [1.82, 2.24) is 4.90 Å². The molecule has 0 bridgehead atoms. The molecule has 1 saturated carbocycles. The first kappa shape index (κ1) is 35.2. The van der Waals surface area contributed by atoms with E-state index in [0.717, 1.165) is 41.9 Å². The number of hydrogen-bond acceptors (Lipinski definition) is 7. The van der Waals surface area contributed by atoms with E-state index in [9.17, 15) is 32.7 Å². The van der Waals surface area contributed by atoms with E-state index in [-0.39, 0.29) is 24.8 Å². The maximum atomic E-state index is 13.7. The Balaban J connectivity index is 0.000000707. The standard InChI is InChI=1S/C29H38N4O5.C2HF3O2/c1-3-38-28(36)22-8-10-23(11-9-22)31-29(37)32(24-14-16-33(2,17-15-24)19-21-4-5-21)26(27(30)35)18-20-6-12-25(34)13-7-20;3-2(4,5)1(6)7/h6-13,21,24,26H,3-5,14-19H2,1-2H3,(H3-,30,31,34,35,36,37);(H,6,7)/t24?,26-,33?;/m0./s1. The van der Waals surface area contributed by atoms with Crippen LogP contribution in [0.4, 0.5) is 23.7 Å². The SMILES string of the molecule is CCOC(=O)c1ccc(NC(=O)N(C2CC[N+](C)(CC3CC3)CC2)[C@@H](Cc2ccc(O)cc2)C(N)=O)cc1.O=C([O-])C(F)(F)F. The molecule has 4 rings (SSSR count). The van der Waals surface area contributed by atoms with Crippen LogP contribution in [0, 0.1) is 5.92 Å². The number of phenols is 1. The third kappa shape index (κ3) is 10.7. The number of quaternary nitrogens is 1. The van der Waals surface area contributed by atoms with Crippen molar-refractivity contribution in [1.29, 1.82) is 0 Å². The highest BCUT2D eigenvalue weighted by Crippen LogP contribution is 2.34. The van der Waals surface area contributed by atoms with E-state index in [2.05, 4.69) is 12.4 Å². The van der Waals surface area contributed by atoms with Crippen LogP contribution in [-0.4, -0.2) is 89.9 Å². The van der Waals surface area contributed by atoms with Gasteiger partial charge in [0, 0.05) is 36.9 Å². The topological polar surface area (TPSA) is 162 Å².